The van der Waals surface area contributed by atoms with Crippen LogP contribution in [0.1, 0.15) is 25.7 Å². The molecule has 14 heavy (non-hydrogen) atoms. The molecule has 2 fully saturated rings. The monoisotopic (exact) mass is 198 g/mol. The van der Waals surface area contributed by atoms with Gasteiger partial charge in [0.1, 0.15) is 6.10 Å². The second-order valence-corrected chi connectivity index (χ2v) is 4.51. The van der Waals surface area contributed by atoms with E-state index in [0.29, 0.717) is 18.4 Å². The van der Waals surface area contributed by atoms with Crippen LogP contribution in [0.3, 0.4) is 0 Å². The Morgan fingerprint density at radius 2 is 2.07 bits per heavy atom. The van der Waals surface area contributed by atoms with Gasteiger partial charge in [-0.05, 0) is 25.2 Å². The number of allylic oxidation sites excluding steroid dienone is 1. The summed E-state index contributed by atoms with van der Waals surface area (Å²) in [6, 6.07) is 0. The maximum atomic E-state index is 13.0. The van der Waals surface area contributed by atoms with E-state index in [-0.39, 0.29) is 18.0 Å². The van der Waals surface area contributed by atoms with Gasteiger partial charge < -0.3 is 9.47 Å². The minimum absolute atomic E-state index is 0.0518. The number of hydrogen-bond acceptors (Lipinski definition) is 2. The van der Waals surface area contributed by atoms with Gasteiger partial charge in [-0.2, -0.15) is 0 Å². The standard InChI is InChI=1S/C11H15FO2/c12-8-2-4-9-7(5-8)1-3-10(14-9)11-6-13-11/h2,7,9-11H,1,3-6H2. The Balaban J connectivity index is 1.66. The van der Waals surface area contributed by atoms with Crippen LogP contribution in [0.15, 0.2) is 11.9 Å². The molecule has 0 amide bonds. The molecule has 0 aromatic heterocycles. The van der Waals surface area contributed by atoms with Crippen molar-refractivity contribution in [3.63, 3.8) is 0 Å². The van der Waals surface area contributed by atoms with Crippen LogP contribution in [0.2, 0.25) is 0 Å². The first-order valence-electron chi connectivity index (χ1n) is 5.44. The lowest BCUT2D eigenvalue weighted by molar-refractivity contribution is -0.0944. The molecule has 1 aliphatic carbocycles. The van der Waals surface area contributed by atoms with Crippen molar-refractivity contribution in [2.24, 2.45) is 5.92 Å². The number of fused-ring (bicyclic) bond motifs is 1. The fraction of sp³-hybridized carbons (Fsp3) is 0.818. The SMILES string of the molecule is FC1=CCC2OC(C3CO3)CCC2C1. The van der Waals surface area contributed by atoms with Crippen molar-refractivity contribution in [1.82, 2.24) is 0 Å². The molecular weight excluding hydrogens is 183 g/mol. The molecule has 2 aliphatic heterocycles. The van der Waals surface area contributed by atoms with Crippen LogP contribution in [0.25, 0.3) is 0 Å². The van der Waals surface area contributed by atoms with E-state index in [9.17, 15) is 4.39 Å². The number of hydrogen-bond donors (Lipinski definition) is 0. The fourth-order valence-electron chi connectivity index (χ4n) is 2.57. The van der Waals surface area contributed by atoms with Crippen molar-refractivity contribution < 1.29 is 13.9 Å². The molecule has 3 heteroatoms. The molecule has 3 rings (SSSR count). The van der Waals surface area contributed by atoms with Crippen molar-refractivity contribution in [2.45, 2.75) is 44.0 Å². The van der Waals surface area contributed by atoms with Crippen molar-refractivity contribution in [3.05, 3.63) is 11.9 Å². The zero-order valence-corrected chi connectivity index (χ0v) is 8.12. The van der Waals surface area contributed by atoms with E-state index in [0.717, 1.165) is 25.9 Å². The topological polar surface area (TPSA) is 21.8 Å². The molecule has 78 valence electrons. The Bertz CT molecular complexity index is 260. The van der Waals surface area contributed by atoms with Gasteiger partial charge in [0.15, 0.2) is 0 Å². The molecule has 3 aliphatic rings. The zero-order chi connectivity index (χ0) is 9.54. The Kier molecular flexibility index (Phi) is 2.10. The Morgan fingerprint density at radius 1 is 1.21 bits per heavy atom. The summed E-state index contributed by atoms with van der Waals surface area (Å²) in [5.74, 6) is 0.464. The molecule has 0 aromatic carbocycles. The normalized spacial score (nSPS) is 46.8. The maximum Gasteiger partial charge on any atom is 0.107 e. The summed E-state index contributed by atoms with van der Waals surface area (Å²) in [6.45, 7) is 0.853. The van der Waals surface area contributed by atoms with Gasteiger partial charge in [0.2, 0.25) is 0 Å². The third-order valence-electron chi connectivity index (χ3n) is 3.50. The van der Waals surface area contributed by atoms with Crippen LogP contribution in [-0.2, 0) is 9.47 Å². The molecule has 4 unspecified atom stereocenters. The highest BCUT2D eigenvalue weighted by Gasteiger charge is 2.41. The van der Waals surface area contributed by atoms with E-state index < -0.39 is 0 Å². The van der Waals surface area contributed by atoms with E-state index in [4.69, 9.17) is 9.47 Å². The Morgan fingerprint density at radius 3 is 2.86 bits per heavy atom. The largest absolute Gasteiger partial charge is 0.372 e. The average molecular weight is 198 g/mol. The summed E-state index contributed by atoms with van der Waals surface area (Å²) in [5.41, 5.74) is 0. The van der Waals surface area contributed by atoms with Crippen molar-refractivity contribution in [1.29, 1.82) is 0 Å². The third-order valence-corrected chi connectivity index (χ3v) is 3.50. The van der Waals surface area contributed by atoms with Crippen molar-refractivity contribution in [2.75, 3.05) is 6.61 Å². The first-order chi connectivity index (χ1) is 6.83. The molecule has 0 N–H and O–H groups in total. The van der Waals surface area contributed by atoms with Gasteiger partial charge in [-0.15, -0.1) is 0 Å². The zero-order valence-electron chi connectivity index (χ0n) is 8.12. The number of rotatable bonds is 1. The molecule has 0 radical (unpaired) electrons. The van der Waals surface area contributed by atoms with E-state index >= 15 is 0 Å². The molecule has 2 nitrogen and oxygen atoms in total. The molecular formula is C11H15FO2. The summed E-state index contributed by atoms with van der Waals surface area (Å²) >= 11 is 0. The fourth-order valence-corrected chi connectivity index (χ4v) is 2.57. The highest BCUT2D eigenvalue weighted by Crippen LogP contribution is 2.38. The molecule has 0 bridgehead atoms. The molecule has 4 atom stereocenters. The predicted octanol–water partition coefficient (Wildman–Crippen LogP) is 2.20. The van der Waals surface area contributed by atoms with Crippen LogP contribution in [0.5, 0.6) is 0 Å². The first kappa shape index (κ1) is 8.86. The van der Waals surface area contributed by atoms with Crippen molar-refractivity contribution >= 4 is 0 Å². The molecule has 2 saturated heterocycles. The average Bonchev–Trinajstić information content (AvgIpc) is 3.00. The van der Waals surface area contributed by atoms with Crippen LogP contribution < -0.4 is 0 Å². The second kappa shape index (κ2) is 3.31. The Labute approximate surface area is 83.1 Å². The highest BCUT2D eigenvalue weighted by atomic mass is 19.1. The van der Waals surface area contributed by atoms with Gasteiger partial charge in [0.25, 0.3) is 0 Å². The quantitative estimate of drug-likeness (QED) is 0.602. The number of halogens is 1. The van der Waals surface area contributed by atoms with Gasteiger partial charge in [-0.25, -0.2) is 4.39 Å². The van der Waals surface area contributed by atoms with Gasteiger partial charge in [-0.3, -0.25) is 0 Å². The maximum absolute atomic E-state index is 13.0. The minimum Gasteiger partial charge on any atom is -0.372 e. The minimum atomic E-state index is 0.0518. The number of epoxide rings is 1. The molecule has 2 heterocycles. The van der Waals surface area contributed by atoms with Gasteiger partial charge in [0.05, 0.1) is 24.6 Å². The van der Waals surface area contributed by atoms with E-state index in [1.807, 2.05) is 0 Å². The van der Waals surface area contributed by atoms with Gasteiger partial charge >= 0.3 is 0 Å². The third kappa shape index (κ3) is 1.59. The van der Waals surface area contributed by atoms with Gasteiger partial charge in [-0.1, -0.05) is 6.08 Å². The lowest BCUT2D eigenvalue weighted by atomic mass is 9.83. The first-order valence-corrected chi connectivity index (χ1v) is 5.44. The number of ether oxygens (including phenoxy) is 2. The molecule has 0 spiro atoms. The smallest absolute Gasteiger partial charge is 0.107 e. The Hall–Kier alpha value is -0.410. The lowest BCUT2D eigenvalue weighted by Gasteiger charge is -2.37. The van der Waals surface area contributed by atoms with Gasteiger partial charge in [0, 0.05) is 6.42 Å². The second-order valence-electron chi connectivity index (χ2n) is 4.51. The highest BCUT2D eigenvalue weighted by molar-refractivity contribution is 5.04. The van der Waals surface area contributed by atoms with Crippen molar-refractivity contribution in [3.8, 4) is 0 Å². The van der Waals surface area contributed by atoms with E-state index in [1.165, 1.54) is 0 Å². The summed E-state index contributed by atoms with van der Waals surface area (Å²) < 4.78 is 24.2. The van der Waals surface area contributed by atoms with E-state index in [1.54, 1.807) is 6.08 Å². The molecule has 0 saturated carbocycles. The van der Waals surface area contributed by atoms with Crippen LogP contribution in [0.4, 0.5) is 4.39 Å². The summed E-state index contributed by atoms with van der Waals surface area (Å²) in [7, 11) is 0. The predicted molar refractivity (Wildman–Crippen MR) is 49.6 cm³/mol. The van der Waals surface area contributed by atoms with Crippen LogP contribution in [-0.4, -0.2) is 24.9 Å². The summed E-state index contributed by atoms with van der Waals surface area (Å²) in [5, 5.41) is 0. The van der Waals surface area contributed by atoms with Crippen LogP contribution >= 0.6 is 0 Å². The van der Waals surface area contributed by atoms with E-state index in [2.05, 4.69) is 0 Å². The summed E-state index contributed by atoms with van der Waals surface area (Å²) in [6.07, 6.45) is 6.02. The summed E-state index contributed by atoms with van der Waals surface area (Å²) in [4.78, 5) is 0. The van der Waals surface area contributed by atoms with Crippen LogP contribution in [0, 0.1) is 5.92 Å². The lowest BCUT2D eigenvalue weighted by Crippen LogP contribution is -2.38. The molecule has 0 aromatic rings.